The summed E-state index contributed by atoms with van der Waals surface area (Å²) < 4.78 is 30.4. The lowest BCUT2D eigenvalue weighted by atomic mass is 10.1. The van der Waals surface area contributed by atoms with E-state index in [9.17, 15) is 13.4 Å². The predicted molar refractivity (Wildman–Crippen MR) is 79.6 cm³/mol. The second-order valence-electron chi connectivity index (χ2n) is 4.30. The summed E-state index contributed by atoms with van der Waals surface area (Å²) in [6.07, 6.45) is 0. The number of ether oxygens (including phenoxy) is 1. The van der Waals surface area contributed by atoms with Gasteiger partial charge in [0.05, 0.1) is 28.7 Å². The molecule has 2 aromatic rings. The van der Waals surface area contributed by atoms with Crippen molar-refractivity contribution in [3.8, 4) is 5.75 Å². The third kappa shape index (κ3) is 3.98. The molecule has 2 aromatic carbocycles. The molecule has 5 heteroatoms. The van der Waals surface area contributed by atoms with Crippen LogP contribution in [0.5, 0.6) is 5.75 Å². The molecule has 0 saturated carbocycles. The number of ketones is 1. The van der Waals surface area contributed by atoms with Gasteiger partial charge in [0.15, 0.2) is 5.78 Å². The maximum absolute atomic E-state index is 12.8. The van der Waals surface area contributed by atoms with Crippen LogP contribution < -0.4 is 4.74 Å². The molecule has 1 unspecified atom stereocenters. The van der Waals surface area contributed by atoms with E-state index in [1.165, 1.54) is 24.3 Å². The van der Waals surface area contributed by atoms with Crippen molar-refractivity contribution in [3.63, 3.8) is 0 Å². The molecule has 0 aromatic heterocycles. The number of Topliss-reactive ketones (excluding diaryl/α,β-unsaturated/α-hetero) is 1. The first kappa shape index (κ1) is 15.4. The lowest BCUT2D eigenvalue weighted by Crippen LogP contribution is -2.12. The number of para-hydroxylation sites is 1. The standard InChI is InChI=1S/C16H15FO3S/c1-2-20-16-6-4-3-5-14(16)15(18)11-21(19)13-9-7-12(17)8-10-13/h3-10H,2,11H2,1H3. The molecule has 0 aliphatic carbocycles. The van der Waals surface area contributed by atoms with Crippen molar-refractivity contribution in [3.05, 3.63) is 59.9 Å². The summed E-state index contributed by atoms with van der Waals surface area (Å²) in [4.78, 5) is 12.7. The smallest absolute Gasteiger partial charge is 0.179 e. The van der Waals surface area contributed by atoms with E-state index in [0.717, 1.165) is 0 Å². The molecule has 0 saturated heterocycles. The zero-order valence-corrected chi connectivity index (χ0v) is 12.4. The highest BCUT2D eigenvalue weighted by Crippen LogP contribution is 2.19. The number of hydrogen-bond acceptors (Lipinski definition) is 3. The van der Waals surface area contributed by atoms with Gasteiger partial charge in [0.1, 0.15) is 11.6 Å². The van der Waals surface area contributed by atoms with Crippen molar-refractivity contribution in [2.75, 3.05) is 12.4 Å². The van der Waals surface area contributed by atoms with E-state index in [0.29, 0.717) is 22.8 Å². The number of carbonyl (C=O) groups excluding carboxylic acids is 1. The third-order valence-corrected chi connectivity index (χ3v) is 4.15. The van der Waals surface area contributed by atoms with Gasteiger partial charge in [-0.15, -0.1) is 0 Å². The van der Waals surface area contributed by atoms with Crippen molar-refractivity contribution >= 4 is 16.6 Å². The Morgan fingerprint density at radius 1 is 1.14 bits per heavy atom. The van der Waals surface area contributed by atoms with Crippen LogP contribution in [-0.2, 0) is 10.8 Å². The summed E-state index contributed by atoms with van der Waals surface area (Å²) in [5, 5.41) is 0. The minimum Gasteiger partial charge on any atom is -0.493 e. The first-order chi connectivity index (χ1) is 10.1. The van der Waals surface area contributed by atoms with Crippen LogP contribution in [0.25, 0.3) is 0 Å². The lowest BCUT2D eigenvalue weighted by molar-refractivity contribution is 0.101. The van der Waals surface area contributed by atoms with E-state index in [1.807, 2.05) is 6.92 Å². The molecule has 0 N–H and O–H groups in total. The van der Waals surface area contributed by atoms with Crippen LogP contribution in [0.4, 0.5) is 4.39 Å². The minimum absolute atomic E-state index is 0.157. The fraction of sp³-hybridized carbons (Fsp3) is 0.188. The van der Waals surface area contributed by atoms with Crippen molar-refractivity contribution < 1.29 is 18.1 Å². The Bertz CT molecular complexity index is 653. The summed E-state index contributed by atoms with van der Waals surface area (Å²) in [5.74, 6) is -0.331. The number of rotatable bonds is 6. The van der Waals surface area contributed by atoms with Crippen LogP contribution in [0.2, 0.25) is 0 Å². The van der Waals surface area contributed by atoms with Gasteiger partial charge in [-0.25, -0.2) is 4.39 Å². The highest BCUT2D eigenvalue weighted by Gasteiger charge is 2.16. The van der Waals surface area contributed by atoms with Crippen molar-refractivity contribution in [1.82, 2.24) is 0 Å². The maximum Gasteiger partial charge on any atom is 0.179 e. The Balaban J connectivity index is 2.14. The molecule has 110 valence electrons. The van der Waals surface area contributed by atoms with Gasteiger partial charge in [0, 0.05) is 4.90 Å². The fourth-order valence-corrected chi connectivity index (χ4v) is 2.84. The van der Waals surface area contributed by atoms with Crippen LogP contribution >= 0.6 is 0 Å². The Morgan fingerprint density at radius 3 is 2.48 bits per heavy atom. The zero-order valence-electron chi connectivity index (χ0n) is 11.5. The van der Waals surface area contributed by atoms with Gasteiger partial charge >= 0.3 is 0 Å². The van der Waals surface area contributed by atoms with Crippen molar-refractivity contribution in [1.29, 1.82) is 0 Å². The second kappa shape index (κ2) is 7.13. The maximum atomic E-state index is 12.8. The van der Waals surface area contributed by atoms with Crippen molar-refractivity contribution in [2.24, 2.45) is 0 Å². The molecule has 21 heavy (non-hydrogen) atoms. The van der Waals surface area contributed by atoms with Crippen LogP contribution in [0, 0.1) is 5.82 Å². The molecule has 2 rings (SSSR count). The van der Waals surface area contributed by atoms with Gasteiger partial charge in [0.25, 0.3) is 0 Å². The van der Waals surface area contributed by atoms with Crippen LogP contribution in [0.15, 0.2) is 53.4 Å². The van der Waals surface area contributed by atoms with E-state index < -0.39 is 16.6 Å². The molecule has 0 spiro atoms. The van der Waals surface area contributed by atoms with E-state index in [4.69, 9.17) is 4.74 Å². The lowest BCUT2D eigenvalue weighted by Gasteiger charge is -2.09. The molecule has 0 aliphatic rings. The van der Waals surface area contributed by atoms with E-state index in [-0.39, 0.29) is 11.5 Å². The molecule has 0 aliphatic heterocycles. The fourth-order valence-electron chi connectivity index (χ4n) is 1.84. The Kier molecular flexibility index (Phi) is 5.22. The van der Waals surface area contributed by atoms with Crippen molar-refractivity contribution in [2.45, 2.75) is 11.8 Å². The molecule has 0 bridgehead atoms. The highest BCUT2D eigenvalue weighted by atomic mass is 32.2. The zero-order chi connectivity index (χ0) is 15.2. The largest absolute Gasteiger partial charge is 0.493 e. The second-order valence-corrected chi connectivity index (χ2v) is 5.75. The van der Waals surface area contributed by atoms with Gasteiger partial charge < -0.3 is 4.74 Å². The molecule has 0 radical (unpaired) electrons. The molecular weight excluding hydrogens is 291 g/mol. The Morgan fingerprint density at radius 2 is 1.81 bits per heavy atom. The van der Waals surface area contributed by atoms with E-state index >= 15 is 0 Å². The van der Waals surface area contributed by atoms with E-state index in [2.05, 4.69) is 0 Å². The predicted octanol–water partition coefficient (Wildman–Crippen LogP) is 3.21. The third-order valence-electron chi connectivity index (χ3n) is 2.83. The average molecular weight is 306 g/mol. The molecule has 0 heterocycles. The summed E-state index contributed by atoms with van der Waals surface area (Å²) in [7, 11) is -1.51. The number of benzene rings is 2. The van der Waals surface area contributed by atoms with Crippen LogP contribution in [0.1, 0.15) is 17.3 Å². The summed E-state index contributed by atoms with van der Waals surface area (Å²) in [6.45, 7) is 2.28. The molecule has 1 atom stereocenters. The van der Waals surface area contributed by atoms with Gasteiger partial charge in [0.2, 0.25) is 0 Å². The quantitative estimate of drug-likeness (QED) is 0.770. The first-order valence-corrected chi connectivity index (χ1v) is 7.82. The molecule has 0 fully saturated rings. The van der Waals surface area contributed by atoms with Gasteiger partial charge in [-0.3, -0.25) is 9.00 Å². The van der Waals surface area contributed by atoms with Crippen LogP contribution in [0.3, 0.4) is 0 Å². The topological polar surface area (TPSA) is 43.4 Å². The molecular formula is C16H15FO3S. The Labute approximate surface area is 125 Å². The number of halogens is 1. The van der Waals surface area contributed by atoms with E-state index in [1.54, 1.807) is 24.3 Å². The average Bonchev–Trinajstić information content (AvgIpc) is 2.48. The summed E-state index contributed by atoms with van der Waals surface area (Å²) in [6, 6.07) is 12.2. The highest BCUT2D eigenvalue weighted by molar-refractivity contribution is 7.85. The normalized spacial score (nSPS) is 11.9. The van der Waals surface area contributed by atoms with Gasteiger partial charge in [-0.1, -0.05) is 12.1 Å². The number of hydrogen-bond donors (Lipinski definition) is 0. The molecule has 0 amide bonds. The first-order valence-electron chi connectivity index (χ1n) is 6.50. The number of carbonyl (C=O) groups is 1. The summed E-state index contributed by atoms with van der Waals surface area (Å²) >= 11 is 0. The Hall–Kier alpha value is -2.01. The SMILES string of the molecule is CCOc1ccccc1C(=O)CS(=O)c1ccc(F)cc1. The summed E-state index contributed by atoms with van der Waals surface area (Å²) in [5.41, 5.74) is 0.412. The van der Waals surface area contributed by atoms with Crippen LogP contribution in [-0.4, -0.2) is 22.4 Å². The monoisotopic (exact) mass is 306 g/mol. The van der Waals surface area contributed by atoms with Gasteiger partial charge in [-0.2, -0.15) is 0 Å². The minimum atomic E-state index is -1.51. The molecule has 3 nitrogen and oxygen atoms in total. The van der Waals surface area contributed by atoms with Gasteiger partial charge in [-0.05, 0) is 43.3 Å².